The largest absolute Gasteiger partial charge is 0.463 e. The number of esters is 2. The molecule has 6 nitrogen and oxygen atoms in total. The van der Waals surface area contributed by atoms with E-state index in [0.29, 0.717) is 0 Å². The van der Waals surface area contributed by atoms with Gasteiger partial charge in [-0.05, 0) is 6.92 Å². The van der Waals surface area contributed by atoms with Gasteiger partial charge in [0.15, 0.2) is 0 Å². The monoisotopic (exact) mass is 199 g/mol. The van der Waals surface area contributed by atoms with Gasteiger partial charge in [0.25, 0.3) is 11.4 Å². The molecule has 1 rings (SSSR count). The maximum absolute atomic E-state index is 11.3. The molecular weight excluding hydrogens is 188 g/mol. The van der Waals surface area contributed by atoms with Crippen LogP contribution in [-0.2, 0) is 9.47 Å². The van der Waals surface area contributed by atoms with Crippen molar-refractivity contribution in [3.8, 4) is 0 Å². The minimum Gasteiger partial charge on any atom is -0.463 e. The van der Waals surface area contributed by atoms with Crippen LogP contribution in [0.5, 0.6) is 0 Å². The Labute approximate surface area is 80.2 Å². The normalized spacial score (nSPS) is 9.57. The molecule has 1 heterocycles. The Balaban J connectivity index is 2.92. The van der Waals surface area contributed by atoms with E-state index >= 15 is 0 Å². The first-order chi connectivity index (χ1) is 6.70. The van der Waals surface area contributed by atoms with Gasteiger partial charge in [-0.2, -0.15) is 0 Å². The van der Waals surface area contributed by atoms with E-state index in [-0.39, 0.29) is 18.0 Å². The molecule has 14 heavy (non-hydrogen) atoms. The first kappa shape index (κ1) is 10.2. The Hall–Kier alpha value is -1.85. The summed E-state index contributed by atoms with van der Waals surface area (Å²) >= 11 is 0. The van der Waals surface area contributed by atoms with E-state index in [2.05, 4.69) is 14.7 Å². The molecule has 0 bridgehead atoms. The highest BCUT2D eigenvalue weighted by Crippen LogP contribution is 2.02. The van der Waals surface area contributed by atoms with Gasteiger partial charge in [-0.15, -0.1) is 0 Å². The summed E-state index contributed by atoms with van der Waals surface area (Å²) in [6.07, 6.45) is 1.36. The third-order valence-corrected chi connectivity index (χ3v) is 1.55. The summed E-state index contributed by atoms with van der Waals surface area (Å²) in [5.41, 5.74) is 0.129. The molecule has 0 aromatic carbocycles. The maximum Gasteiger partial charge on any atom is 0.383 e. The van der Waals surface area contributed by atoms with Crippen LogP contribution in [0.1, 0.15) is 27.9 Å². The second kappa shape index (κ2) is 4.40. The molecule has 0 spiro atoms. The zero-order valence-corrected chi connectivity index (χ0v) is 7.92. The highest BCUT2D eigenvalue weighted by molar-refractivity contribution is 5.99. The number of hydrogen-bond acceptors (Lipinski definition) is 4. The van der Waals surface area contributed by atoms with Gasteiger partial charge in [-0.1, -0.05) is 0 Å². The molecule has 6 heteroatoms. The van der Waals surface area contributed by atoms with Crippen molar-refractivity contribution in [3.63, 3.8) is 0 Å². The maximum atomic E-state index is 11.3. The summed E-state index contributed by atoms with van der Waals surface area (Å²) in [4.78, 5) is 27.5. The predicted octanol–water partition coefficient (Wildman–Crippen LogP) is -0.208. The lowest BCUT2D eigenvalue weighted by atomic mass is 10.3. The molecule has 1 aromatic rings. The van der Waals surface area contributed by atoms with Crippen LogP contribution in [0.25, 0.3) is 0 Å². The van der Waals surface area contributed by atoms with Crippen molar-refractivity contribution < 1.29 is 24.0 Å². The average molecular weight is 199 g/mol. The highest BCUT2D eigenvalue weighted by atomic mass is 16.5. The van der Waals surface area contributed by atoms with Crippen molar-refractivity contribution in [2.75, 3.05) is 13.7 Å². The molecule has 0 unspecified atom stereocenters. The van der Waals surface area contributed by atoms with Crippen LogP contribution in [0.3, 0.4) is 0 Å². The van der Waals surface area contributed by atoms with Crippen molar-refractivity contribution in [3.05, 3.63) is 17.7 Å². The minimum atomic E-state index is -0.616. The van der Waals surface area contributed by atoms with E-state index in [9.17, 15) is 9.59 Å². The molecule has 0 fully saturated rings. The first-order valence-corrected chi connectivity index (χ1v) is 4.05. The smallest absolute Gasteiger partial charge is 0.383 e. The number of carbonyl (C=O) groups is 2. The molecule has 0 saturated heterocycles. The minimum absolute atomic E-state index is 0.0611. The van der Waals surface area contributed by atoms with E-state index in [1.54, 1.807) is 6.92 Å². The number of ether oxygens (including phenoxy) is 2. The van der Waals surface area contributed by atoms with Gasteiger partial charge in [0, 0.05) is 0 Å². The molecule has 0 aliphatic carbocycles. The van der Waals surface area contributed by atoms with Crippen LogP contribution in [0.15, 0.2) is 6.33 Å². The van der Waals surface area contributed by atoms with Crippen LogP contribution in [0.4, 0.5) is 0 Å². The molecular formula is C8H11N2O4+. The van der Waals surface area contributed by atoms with Gasteiger partial charge >= 0.3 is 11.9 Å². The Morgan fingerprint density at radius 2 is 2.21 bits per heavy atom. The van der Waals surface area contributed by atoms with Gasteiger partial charge in [0.1, 0.15) is 0 Å². The molecule has 0 atom stereocenters. The molecule has 0 aliphatic heterocycles. The number of rotatable bonds is 3. The first-order valence-electron chi connectivity index (χ1n) is 4.05. The van der Waals surface area contributed by atoms with Crippen LogP contribution >= 0.6 is 0 Å². The van der Waals surface area contributed by atoms with E-state index in [0.717, 1.165) is 0 Å². The quantitative estimate of drug-likeness (QED) is 0.683. The average Bonchev–Trinajstić information content (AvgIpc) is 2.65. The summed E-state index contributed by atoms with van der Waals surface area (Å²) in [6, 6.07) is 0. The topological polar surface area (TPSA) is 82.5 Å². The van der Waals surface area contributed by atoms with Crippen molar-refractivity contribution in [2.45, 2.75) is 6.92 Å². The van der Waals surface area contributed by atoms with E-state index in [4.69, 9.17) is 4.74 Å². The van der Waals surface area contributed by atoms with Gasteiger partial charge in [0.2, 0.25) is 6.33 Å². The number of hydrogen-bond donors (Lipinski definition) is 1. The van der Waals surface area contributed by atoms with Crippen molar-refractivity contribution >= 4 is 11.9 Å². The third kappa shape index (κ3) is 1.90. The number of methoxy groups -OCH3 is 1. The lowest BCUT2D eigenvalue weighted by Crippen LogP contribution is -2.19. The number of H-pyrrole nitrogens is 2. The highest BCUT2D eigenvalue weighted by Gasteiger charge is 2.27. The summed E-state index contributed by atoms with van der Waals surface area (Å²) in [5, 5.41) is 0. The molecule has 0 aliphatic rings. The summed E-state index contributed by atoms with van der Waals surface area (Å²) < 4.78 is 9.19. The fourth-order valence-corrected chi connectivity index (χ4v) is 0.952. The second-order valence-electron chi connectivity index (χ2n) is 2.40. The van der Waals surface area contributed by atoms with Gasteiger partial charge in [0.05, 0.1) is 13.7 Å². The van der Waals surface area contributed by atoms with Crippen molar-refractivity contribution in [2.24, 2.45) is 0 Å². The van der Waals surface area contributed by atoms with Crippen molar-refractivity contribution in [1.82, 2.24) is 4.98 Å². The Morgan fingerprint density at radius 3 is 2.79 bits per heavy atom. The molecule has 0 radical (unpaired) electrons. The summed E-state index contributed by atoms with van der Waals surface area (Å²) in [6.45, 7) is 1.93. The SMILES string of the molecule is CCOC(=O)c1[nH+]c[nH]c1C(=O)OC. The number of aromatic amines is 2. The Kier molecular flexibility index (Phi) is 3.22. The lowest BCUT2D eigenvalue weighted by Gasteiger charge is -1.97. The van der Waals surface area contributed by atoms with Gasteiger partial charge < -0.3 is 9.47 Å². The predicted molar refractivity (Wildman–Crippen MR) is 44.6 cm³/mol. The lowest BCUT2D eigenvalue weighted by molar-refractivity contribution is -0.381. The van der Waals surface area contributed by atoms with Crippen molar-refractivity contribution in [1.29, 1.82) is 0 Å². The summed E-state index contributed by atoms with van der Waals surface area (Å²) in [7, 11) is 1.23. The Bertz CT molecular complexity index is 345. The molecule has 0 saturated carbocycles. The van der Waals surface area contributed by atoms with Crippen LogP contribution < -0.4 is 4.98 Å². The van der Waals surface area contributed by atoms with E-state index in [1.807, 2.05) is 0 Å². The summed E-state index contributed by atoms with van der Waals surface area (Å²) in [5.74, 6) is -1.21. The number of imidazole rings is 1. The number of aromatic nitrogens is 2. The third-order valence-electron chi connectivity index (χ3n) is 1.55. The van der Waals surface area contributed by atoms with E-state index < -0.39 is 11.9 Å². The van der Waals surface area contributed by atoms with Gasteiger partial charge in [-0.3, -0.25) is 0 Å². The molecule has 2 N–H and O–H groups in total. The Morgan fingerprint density at radius 1 is 1.50 bits per heavy atom. The van der Waals surface area contributed by atoms with E-state index in [1.165, 1.54) is 13.4 Å². The molecule has 0 amide bonds. The zero-order chi connectivity index (χ0) is 10.6. The van der Waals surface area contributed by atoms with Gasteiger partial charge in [-0.25, -0.2) is 19.6 Å². The number of nitrogens with one attached hydrogen (secondary N) is 2. The number of carbonyl (C=O) groups excluding carboxylic acids is 2. The van der Waals surface area contributed by atoms with Crippen LogP contribution in [0, 0.1) is 0 Å². The fraction of sp³-hybridized carbons (Fsp3) is 0.375. The standard InChI is InChI=1S/C8H10N2O4/c1-3-14-8(12)6-5(7(11)13-2)9-4-10-6/h4H,3H2,1-2H3,(H,9,10)/p+1. The zero-order valence-electron chi connectivity index (χ0n) is 7.92. The molecule has 76 valence electrons. The second-order valence-corrected chi connectivity index (χ2v) is 2.40. The fourth-order valence-electron chi connectivity index (χ4n) is 0.952. The van der Waals surface area contributed by atoms with Crippen LogP contribution in [0.2, 0.25) is 0 Å². The molecule has 1 aromatic heterocycles. The van der Waals surface area contributed by atoms with Crippen LogP contribution in [-0.4, -0.2) is 30.6 Å².